The van der Waals surface area contributed by atoms with Gasteiger partial charge in [-0.2, -0.15) is 5.10 Å². The van der Waals surface area contributed by atoms with Gasteiger partial charge in [-0.3, -0.25) is 4.68 Å². The number of phenolic OH excluding ortho intramolecular Hbond substituents is 1. The van der Waals surface area contributed by atoms with E-state index in [4.69, 9.17) is 4.52 Å². The van der Waals surface area contributed by atoms with Gasteiger partial charge in [0.25, 0.3) is 0 Å². The van der Waals surface area contributed by atoms with E-state index in [0.717, 1.165) is 11.8 Å². The van der Waals surface area contributed by atoms with E-state index in [-0.39, 0.29) is 29.8 Å². The Hall–Kier alpha value is -4.60. The molecule has 5 rings (SSSR count). The van der Waals surface area contributed by atoms with Gasteiger partial charge in [-0.25, -0.2) is 18.7 Å². The molecule has 0 aliphatic carbocycles. The van der Waals surface area contributed by atoms with Crippen LogP contribution in [0.4, 0.5) is 14.6 Å². The van der Waals surface area contributed by atoms with Crippen LogP contribution >= 0.6 is 0 Å². The van der Waals surface area contributed by atoms with Crippen molar-refractivity contribution in [3.8, 4) is 28.7 Å². The maximum atomic E-state index is 14.4. The van der Waals surface area contributed by atoms with Gasteiger partial charge in [0.2, 0.25) is 0 Å². The van der Waals surface area contributed by atoms with E-state index < -0.39 is 5.82 Å². The average Bonchev–Trinajstić information content (AvgIpc) is 3.51. The first-order valence-electron chi connectivity index (χ1n) is 10.3. The Morgan fingerprint density at radius 3 is 2.56 bits per heavy atom. The lowest BCUT2D eigenvalue weighted by Crippen LogP contribution is -2.07. The van der Waals surface area contributed by atoms with Crippen LogP contribution in [-0.4, -0.2) is 30.0 Å². The second-order valence-electron chi connectivity index (χ2n) is 7.46. The highest BCUT2D eigenvalue weighted by Gasteiger charge is 2.18. The molecule has 10 heteroatoms. The summed E-state index contributed by atoms with van der Waals surface area (Å²) in [5.74, 6) is -0.640. The molecule has 0 aliphatic rings. The molecule has 0 bridgehead atoms. The molecule has 2 N–H and O–H groups in total. The highest BCUT2D eigenvalue weighted by atomic mass is 19.1. The predicted octanol–water partition coefficient (Wildman–Crippen LogP) is 4.64. The summed E-state index contributed by atoms with van der Waals surface area (Å²) in [4.78, 5) is 8.38. The Balaban J connectivity index is 1.46. The summed E-state index contributed by atoms with van der Waals surface area (Å²) in [6.45, 7) is 0.432. The number of halogens is 2. The van der Waals surface area contributed by atoms with Crippen molar-refractivity contribution in [3.05, 3.63) is 95.9 Å². The molecule has 0 saturated heterocycles. The molecule has 0 saturated carbocycles. The minimum absolute atomic E-state index is 0.00437. The molecule has 5 aromatic rings. The zero-order chi connectivity index (χ0) is 23.5. The summed E-state index contributed by atoms with van der Waals surface area (Å²) in [6.07, 6.45) is 2.49. The van der Waals surface area contributed by atoms with Crippen LogP contribution in [0.1, 0.15) is 11.1 Å². The standard InChI is InChI=1S/C24H18F2N6O2/c25-18-4-2-1-3-16(18)14-32-22(20-9-10-34-31-20)11-21(30-32)24-28-13-19(26)23(29-24)27-12-15-5-7-17(33)8-6-15/h1-11,13,33H,12,14H2,(H,27,28,29). The first-order chi connectivity index (χ1) is 16.6. The number of rotatable bonds is 7. The van der Waals surface area contributed by atoms with Crippen molar-refractivity contribution in [2.75, 3.05) is 5.32 Å². The van der Waals surface area contributed by atoms with E-state index in [1.54, 1.807) is 59.3 Å². The van der Waals surface area contributed by atoms with Crippen molar-refractivity contribution >= 4 is 5.82 Å². The summed E-state index contributed by atoms with van der Waals surface area (Å²) in [7, 11) is 0. The van der Waals surface area contributed by atoms with Crippen molar-refractivity contribution in [3.63, 3.8) is 0 Å². The van der Waals surface area contributed by atoms with E-state index in [1.807, 2.05) is 0 Å². The molecule has 0 radical (unpaired) electrons. The lowest BCUT2D eigenvalue weighted by atomic mass is 10.2. The number of phenols is 1. The molecule has 2 aromatic carbocycles. The second kappa shape index (κ2) is 9.10. The monoisotopic (exact) mass is 460 g/mol. The fraction of sp³-hybridized carbons (Fsp3) is 0.0833. The number of hydrogen-bond donors (Lipinski definition) is 2. The number of anilines is 1. The lowest BCUT2D eigenvalue weighted by Gasteiger charge is -2.08. The number of hydrogen-bond acceptors (Lipinski definition) is 7. The minimum atomic E-state index is -0.620. The van der Waals surface area contributed by atoms with Gasteiger partial charge >= 0.3 is 0 Å². The Morgan fingerprint density at radius 1 is 0.971 bits per heavy atom. The van der Waals surface area contributed by atoms with Crippen LogP contribution in [-0.2, 0) is 13.1 Å². The van der Waals surface area contributed by atoms with Gasteiger partial charge in [-0.15, -0.1) is 0 Å². The fourth-order valence-electron chi connectivity index (χ4n) is 3.40. The molecule has 0 spiro atoms. The lowest BCUT2D eigenvalue weighted by molar-refractivity contribution is 0.421. The van der Waals surface area contributed by atoms with Crippen LogP contribution in [0.15, 0.2) is 77.6 Å². The third-order valence-electron chi connectivity index (χ3n) is 5.13. The van der Waals surface area contributed by atoms with Crippen molar-refractivity contribution in [2.24, 2.45) is 0 Å². The van der Waals surface area contributed by atoms with Gasteiger partial charge in [0.15, 0.2) is 17.5 Å². The predicted molar refractivity (Wildman–Crippen MR) is 120 cm³/mol. The number of benzene rings is 2. The molecule has 0 unspecified atom stereocenters. The van der Waals surface area contributed by atoms with Gasteiger partial charge in [-0.05, 0) is 29.8 Å². The molecule has 0 aliphatic heterocycles. The normalized spacial score (nSPS) is 11.0. The molecular weight excluding hydrogens is 442 g/mol. The fourth-order valence-corrected chi connectivity index (χ4v) is 3.40. The van der Waals surface area contributed by atoms with Gasteiger partial charge < -0.3 is 14.9 Å². The Morgan fingerprint density at radius 2 is 1.79 bits per heavy atom. The molecule has 0 fully saturated rings. The Kier molecular flexibility index (Phi) is 5.69. The third kappa shape index (κ3) is 4.46. The van der Waals surface area contributed by atoms with Crippen LogP contribution in [0.2, 0.25) is 0 Å². The van der Waals surface area contributed by atoms with Crippen LogP contribution in [0.25, 0.3) is 22.9 Å². The van der Waals surface area contributed by atoms with Crippen molar-refractivity contribution in [2.45, 2.75) is 13.1 Å². The Labute approximate surface area is 192 Å². The van der Waals surface area contributed by atoms with Gasteiger partial charge in [0, 0.05) is 18.2 Å². The first kappa shape index (κ1) is 21.3. The molecule has 0 amide bonds. The van der Waals surface area contributed by atoms with Crippen molar-refractivity contribution in [1.29, 1.82) is 0 Å². The van der Waals surface area contributed by atoms with E-state index in [9.17, 15) is 13.9 Å². The number of aromatic nitrogens is 5. The van der Waals surface area contributed by atoms with E-state index in [1.165, 1.54) is 12.3 Å². The summed E-state index contributed by atoms with van der Waals surface area (Å²) >= 11 is 0. The highest BCUT2D eigenvalue weighted by Crippen LogP contribution is 2.26. The topological polar surface area (TPSA) is 102 Å². The number of nitrogens with one attached hydrogen (secondary N) is 1. The van der Waals surface area contributed by atoms with Crippen LogP contribution in [0, 0.1) is 11.6 Å². The number of aromatic hydroxyl groups is 1. The van der Waals surface area contributed by atoms with Crippen molar-refractivity contribution in [1.82, 2.24) is 24.9 Å². The maximum absolute atomic E-state index is 14.4. The van der Waals surface area contributed by atoms with Gasteiger partial charge in [-0.1, -0.05) is 35.5 Å². The van der Waals surface area contributed by atoms with Gasteiger partial charge in [0.1, 0.15) is 29.2 Å². The summed E-state index contributed by atoms with van der Waals surface area (Å²) in [5, 5.41) is 20.8. The van der Waals surface area contributed by atoms with Crippen molar-refractivity contribution < 1.29 is 18.4 Å². The summed E-state index contributed by atoms with van der Waals surface area (Å²) in [6, 6.07) is 16.3. The molecule has 3 heterocycles. The molecule has 170 valence electrons. The maximum Gasteiger partial charge on any atom is 0.183 e. The first-order valence-corrected chi connectivity index (χ1v) is 10.3. The smallest absolute Gasteiger partial charge is 0.183 e. The Bertz CT molecular complexity index is 1420. The number of nitrogens with zero attached hydrogens (tertiary/aromatic N) is 5. The van der Waals surface area contributed by atoms with E-state index in [2.05, 4.69) is 25.5 Å². The SMILES string of the molecule is Oc1ccc(CNc2nc(-c3cc(-c4ccon4)n(Cc4ccccc4F)n3)ncc2F)cc1. The van der Waals surface area contributed by atoms with E-state index in [0.29, 0.717) is 29.2 Å². The van der Waals surface area contributed by atoms with Crippen LogP contribution in [0.5, 0.6) is 5.75 Å². The zero-order valence-corrected chi connectivity index (χ0v) is 17.7. The molecule has 0 atom stereocenters. The van der Waals surface area contributed by atoms with Crippen LogP contribution in [0.3, 0.4) is 0 Å². The third-order valence-corrected chi connectivity index (χ3v) is 5.13. The summed E-state index contributed by atoms with van der Waals surface area (Å²) < 4.78 is 35.2. The summed E-state index contributed by atoms with van der Waals surface area (Å²) in [5.41, 5.74) is 2.71. The quantitative estimate of drug-likeness (QED) is 0.365. The average molecular weight is 460 g/mol. The highest BCUT2D eigenvalue weighted by molar-refractivity contribution is 5.63. The largest absolute Gasteiger partial charge is 0.508 e. The second-order valence-corrected chi connectivity index (χ2v) is 7.46. The van der Waals surface area contributed by atoms with E-state index >= 15 is 0 Å². The molecule has 3 aromatic heterocycles. The molecular formula is C24H18F2N6O2. The molecule has 8 nitrogen and oxygen atoms in total. The van der Waals surface area contributed by atoms with Gasteiger partial charge in [0.05, 0.1) is 18.4 Å². The molecule has 34 heavy (non-hydrogen) atoms. The van der Waals surface area contributed by atoms with Crippen LogP contribution < -0.4 is 5.32 Å². The zero-order valence-electron chi connectivity index (χ0n) is 17.7. The minimum Gasteiger partial charge on any atom is -0.508 e.